The van der Waals surface area contributed by atoms with Gasteiger partial charge in [-0.15, -0.1) is 0 Å². The number of nitrogens with zero attached hydrogens (tertiary/aromatic N) is 4. The van der Waals surface area contributed by atoms with Gasteiger partial charge in [0, 0.05) is 43.8 Å². The molecular formula is C25H30F2N6O4. The Balaban J connectivity index is 1.66. The predicted molar refractivity (Wildman–Crippen MR) is 132 cm³/mol. The molecule has 0 radical (unpaired) electrons. The summed E-state index contributed by atoms with van der Waals surface area (Å²) in [7, 11) is 1.82. The highest BCUT2D eigenvalue weighted by Crippen LogP contribution is 2.31. The van der Waals surface area contributed by atoms with E-state index in [1.165, 1.54) is 12.3 Å². The van der Waals surface area contributed by atoms with Gasteiger partial charge < -0.3 is 25.2 Å². The zero-order valence-corrected chi connectivity index (χ0v) is 21.2. The van der Waals surface area contributed by atoms with Crippen molar-refractivity contribution in [2.24, 2.45) is 0 Å². The van der Waals surface area contributed by atoms with Crippen LogP contribution in [0.3, 0.4) is 0 Å². The molecule has 12 heteroatoms. The molecule has 198 valence electrons. The number of aromatic nitrogens is 1. The van der Waals surface area contributed by atoms with Gasteiger partial charge >= 0.3 is 6.09 Å². The number of nitriles is 1. The number of hydrogen-bond donors (Lipinski definition) is 2. The lowest BCUT2D eigenvalue weighted by molar-refractivity contribution is -0.131. The number of likely N-dealkylation sites (tertiary alicyclic amines) is 1. The SMILES string of the molecule is CN(CCNC(=O)OC(C)(C)C)c1ccc2nccc(C(=O)NCC(=O)N3CC(F)(F)C[C@H]3C#N)c2c1. The Hall–Kier alpha value is -4.01. The number of ether oxygens (including phenoxy) is 1. The molecule has 1 aromatic heterocycles. The fourth-order valence-electron chi connectivity index (χ4n) is 3.89. The number of carbonyl (C=O) groups is 3. The third-order valence-electron chi connectivity index (χ3n) is 5.67. The maximum absolute atomic E-state index is 13.6. The van der Waals surface area contributed by atoms with E-state index in [1.807, 2.05) is 18.0 Å². The second-order valence-electron chi connectivity index (χ2n) is 9.82. The highest BCUT2D eigenvalue weighted by molar-refractivity contribution is 6.07. The molecule has 1 aliphatic heterocycles. The number of hydrogen-bond acceptors (Lipinski definition) is 7. The summed E-state index contributed by atoms with van der Waals surface area (Å²) in [5.74, 6) is -4.47. The third kappa shape index (κ3) is 7.25. The van der Waals surface area contributed by atoms with Gasteiger partial charge in [0.05, 0.1) is 30.2 Å². The summed E-state index contributed by atoms with van der Waals surface area (Å²) in [4.78, 5) is 44.1. The third-order valence-corrected chi connectivity index (χ3v) is 5.67. The molecule has 1 saturated heterocycles. The van der Waals surface area contributed by atoms with E-state index in [-0.39, 0.29) is 5.56 Å². The van der Waals surface area contributed by atoms with Crippen LogP contribution in [0.5, 0.6) is 0 Å². The zero-order chi connectivity index (χ0) is 27.4. The Kier molecular flexibility index (Phi) is 8.15. The first kappa shape index (κ1) is 27.6. The maximum atomic E-state index is 13.6. The first-order valence-electron chi connectivity index (χ1n) is 11.7. The van der Waals surface area contributed by atoms with Gasteiger partial charge in [-0.3, -0.25) is 14.6 Å². The summed E-state index contributed by atoms with van der Waals surface area (Å²) in [6, 6.07) is 7.31. The van der Waals surface area contributed by atoms with E-state index < -0.39 is 55.0 Å². The Morgan fingerprint density at radius 1 is 1.27 bits per heavy atom. The fraction of sp³-hybridized carbons (Fsp3) is 0.480. The number of likely N-dealkylation sites (N-methyl/N-ethyl adjacent to an activating group) is 1. The van der Waals surface area contributed by atoms with Crippen LogP contribution in [0.15, 0.2) is 30.5 Å². The normalized spacial score (nSPS) is 16.7. The van der Waals surface area contributed by atoms with E-state index in [4.69, 9.17) is 10.00 Å². The van der Waals surface area contributed by atoms with E-state index in [0.29, 0.717) is 24.0 Å². The summed E-state index contributed by atoms with van der Waals surface area (Å²) in [5.41, 5.74) is 0.961. The number of benzene rings is 1. The number of carbonyl (C=O) groups excluding carboxylic acids is 3. The Morgan fingerprint density at radius 2 is 2.00 bits per heavy atom. The topological polar surface area (TPSA) is 128 Å². The summed E-state index contributed by atoms with van der Waals surface area (Å²) in [6.45, 7) is 4.74. The van der Waals surface area contributed by atoms with Gasteiger partial charge in [-0.05, 0) is 45.0 Å². The first-order valence-corrected chi connectivity index (χ1v) is 11.7. The largest absolute Gasteiger partial charge is 0.444 e. The van der Waals surface area contributed by atoms with Crippen LogP contribution in [-0.2, 0) is 9.53 Å². The Bertz CT molecular complexity index is 1220. The molecule has 2 heterocycles. The number of anilines is 1. The lowest BCUT2D eigenvalue weighted by Crippen LogP contribution is -2.43. The van der Waals surface area contributed by atoms with Crippen LogP contribution in [-0.4, -0.2) is 78.6 Å². The molecule has 0 spiro atoms. The molecule has 3 amide bonds. The fourth-order valence-corrected chi connectivity index (χ4v) is 3.89. The smallest absolute Gasteiger partial charge is 0.407 e. The molecule has 2 aromatic rings. The summed E-state index contributed by atoms with van der Waals surface area (Å²) >= 11 is 0. The monoisotopic (exact) mass is 516 g/mol. The van der Waals surface area contributed by atoms with Crippen LogP contribution < -0.4 is 15.5 Å². The molecular weight excluding hydrogens is 486 g/mol. The molecule has 10 nitrogen and oxygen atoms in total. The second-order valence-corrected chi connectivity index (χ2v) is 9.82. The minimum atomic E-state index is -3.13. The number of alkyl halides is 2. The lowest BCUT2D eigenvalue weighted by atomic mass is 10.1. The van der Waals surface area contributed by atoms with Crippen molar-refractivity contribution < 1.29 is 27.9 Å². The van der Waals surface area contributed by atoms with Gasteiger partial charge in [0.2, 0.25) is 5.91 Å². The highest BCUT2D eigenvalue weighted by Gasteiger charge is 2.47. The minimum absolute atomic E-state index is 0.253. The van der Waals surface area contributed by atoms with E-state index in [0.717, 1.165) is 10.6 Å². The van der Waals surface area contributed by atoms with Crippen LogP contribution >= 0.6 is 0 Å². The number of amides is 3. The van der Waals surface area contributed by atoms with Crippen molar-refractivity contribution in [3.05, 3.63) is 36.0 Å². The molecule has 1 aromatic carbocycles. The van der Waals surface area contributed by atoms with E-state index in [1.54, 1.807) is 39.0 Å². The number of fused-ring (bicyclic) bond motifs is 1. The van der Waals surface area contributed by atoms with Crippen molar-refractivity contribution in [1.29, 1.82) is 5.26 Å². The van der Waals surface area contributed by atoms with E-state index in [2.05, 4.69) is 15.6 Å². The molecule has 37 heavy (non-hydrogen) atoms. The van der Waals surface area contributed by atoms with Crippen LogP contribution in [0.4, 0.5) is 19.3 Å². The van der Waals surface area contributed by atoms with Gasteiger partial charge in [0.1, 0.15) is 11.6 Å². The van der Waals surface area contributed by atoms with Crippen molar-refractivity contribution in [2.45, 2.75) is 44.8 Å². The molecule has 1 atom stereocenters. The maximum Gasteiger partial charge on any atom is 0.407 e. The first-order chi connectivity index (χ1) is 17.3. The summed E-state index contributed by atoms with van der Waals surface area (Å²) in [5, 5.41) is 14.8. The van der Waals surface area contributed by atoms with Gasteiger partial charge in [0.25, 0.3) is 11.8 Å². The molecule has 0 unspecified atom stereocenters. The highest BCUT2D eigenvalue weighted by atomic mass is 19.3. The number of alkyl carbamates (subject to hydrolysis) is 1. The predicted octanol–water partition coefficient (Wildman–Crippen LogP) is 2.69. The number of halogens is 2. The number of pyridine rings is 1. The lowest BCUT2D eigenvalue weighted by Gasteiger charge is -2.22. The molecule has 1 fully saturated rings. The average Bonchev–Trinajstić information content (AvgIpc) is 3.15. The van der Waals surface area contributed by atoms with Crippen molar-refractivity contribution in [2.75, 3.05) is 38.1 Å². The minimum Gasteiger partial charge on any atom is -0.444 e. The van der Waals surface area contributed by atoms with E-state index in [9.17, 15) is 23.2 Å². The Morgan fingerprint density at radius 3 is 2.68 bits per heavy atom. The molecule has 3 rings (SSSR count). The quantitative estimate of drug-likeness (QED) is 0.579. The van der Waals surface area contributed by atoms with Crippen LogP contribution in [0.2, 0.25) is 0 Å². The van der Waals surface area contributed by atoms with Gasteiger partial charge in [-0.1, -0.05) is 0 Å². The number of rotatable bonds is 7. The van der Waals surface area contributed by atoms with Gasteiger partial charge in [-0.2, -0.15) is 5.26 Å². The number of nitrogens with one attached hydrogen (secondary N) is 2. The van der Waals surface area contributed by atoms with Crippen molar-refractivity contribution in [3.8, 4) is 6.07 Å². The van der Waals surface area contributed by atoms with Crippen molar-refractivity contribution in [3.63, 3.8) is 0 Å². The molecule has 0 aliphatic carbocycles. The molecule has 1 aliphatic rings. The Labute approximate surface area is 213 Å². The van der Waals surface area contributed by atoms with Crippen molar-refractivity contribution in [1.82, 2.24) is 20.5 Å². The van der Waals surface area contributed by atoms with Crippen molar-refractivity contribution >= 4 is 34.5 Å². The van der Waals surface area contributed by atoms with Crippen LogP contribution in [0, 0.1) is 11.3 Å². The van der Waals surface area contributed by atoms with Gasteiger partial charge in [-0.25, -0.2) is 13.6 Å². The van der Waals surface area contributed by atoms with E-state index >= 15 is 0 Å². The zero-order valence-electron chi connectivity index (χ0n) is 21.2. The summed E-state index contributed by atoms with van der Waals surface area (Å²) in [6.07, 6.45) is 0.220. The van der Waals surface area contributed by atoms with Gasteiger partial charge in [0.15, 0.2) is 0 Å². The average molecular weight is 517 g/mol. The molecule has 2 N–H and O–H groups in total. The summed E-state index contributed by atoms with van der Waals surface area (Å²) < 4.78 is 32.5. The molecule has 0 bridgehead atoms. The standard InChI is InChI=1S/C25H30F2N6O4/c1-24(2,3)37-23(36)30-9-10-32(4)16-5-6-20-19(11-16)18(7-8-29-20)22(35)31-14-21(34)33-15-25(26,27)12-17(33)13-28/h5-8,11,17H,9-10,12,14-15H2,1-4H3,(H,30,36)(H,31,35)/t17-/m0/s1. The van der Waals surface area contributed by atoms with Crippen LogP contribution in [0.25, 0.3) is 10.9 Å². The molecule has 0 saturated carbocycles. The second kappa shape index (κ2) is 10.9. The van der Waals surface area contributed by atoms with Crippen LogP contribution in [0.1, 0.15) is 37.6 Å².